The molecular formula is C28H32N2O5. The highest BCUT2D eigenvalue weighted by molar-refractivity contribution is 5.82. The van der Waals surface area contributed by atoms with Gasteiger partial charge in [0, 0.05) is 25.4 Å². The molecule has 2 unspecified atom stereocenters. The molecule has 2 amide bonds. The number of ether oxygens (including phenoxy) is 1. The first-order valence-electron chi connectivity index (χ1n) is 12.3. The van der Waals surface area contributed by atoms with Gasteiger partial charge >= 0.3 is 12.1 Å². The molecule has 0 aliphatic heterocycles. The second kappa shape index (κ2) is 11.2. The molecule has 0 aromatic heterocycles. The fraction of sp³-hybridized carbons (Fsp3) is 0.393. The van der Waals surface area contributed by atoms with Crippen molar-refractivity contribution < 1.29 is 24.2 Å². The number of alkyl carbamates (subject to hydrolysis) is 1. The van der Waals surface area contributed by atoms with Crippen LogP contribution in [0, 0.1) is 5.92 Å². The molecule has 0 saturated carbocycles. The molecule has 0 saturated heterocycles. The van der Waals surface area contributed by atoms with Crippen molar-refractivity contribution >= 4 is 18.0 Å². The maximum absolute atomic E-state index is 12.9. The van der Waals surface area contributed by atoms with Crippen LogP contribution in [-0.4, -0.2) is 53.7 Å². The Balaban J connectivity index is 1.26. The Hall–Kier alpha value is -3.61. The fourth-order valence-electron chi connectivity index (χ4n) is 5.02. The van der Waals surface area contributed by atoms with Gasteiger partial charge in [0.25, 0.3) is 0 Å². The van der Waals surface area contributed by atoms with Gasteiger partial charge in [-0.3, -0.25) is 9.59 Å². The van der Waals surface area contributed by atoms with Gasteiger partial charge in [0.05, 0.1) is 12.0 Å². The Morgan fingerprint density at radius 3 is 2.29 bits per heavy atom. The van der Waals surface area contributed by atoms with Crippen molar-refractivity contribution in [1.82, 2.24) is 10.2 Å². The number of aliphatic carboxylic acids is 1. The number of benzene rings is 2. The second-order valence-electron chi connectivity index (χ2n) is 9.07. The molecule has 2 aliphatic carbocycles. The largest absolute Gasteiger partial charge is 0.481 e. The first kappa shape index (κ1) is 24.5. The summed E-state index contributed by atoms with van der Waals surface area (Å²) in [5.41, 5.74) is 4.69. The molecule has 0 spiro atoms. The number of carboxylic acids is 1. The Morgan fingerprint density at radius 1 is 1.00 bits per heavy atom. The lowest BCUT2D eigenvalue weighted by Crippen LogP contribution is -2.38. The molecule has 7 heteroatoms. The molecule has 7 nitrogen and oxygen atoms in total. The molecule has 0 bridgehead atoms. The number of amides is 2. The van der Waals surface area contributed by atoms with Gasteiger partial charge < -0.3 is 20.1 Å². The number of rotatable bonds is 10. The maximum Gasteiger partial charge on any atom is 0.407 e. The first-order valence-corrected chi connectivity index (χ1v) is 12.3. The van der Waals surface area contributed by atoms with Crippen LogP contribution in [0.3, 0.4) is 0 Å². The molecule has 2 aromatic carbocycles. The van der Waals surface area contributed by atoms with Crippen molar-refractivity contribution in [3.63, 3.8) is 0 Å². The van der Waals surface area contributed by atoms with Gasteiger partial charge in [-0.05, 0) is 48.4 Å². The summed E-state index contributed by atoms with van der Waals surface area (Å²) in [6.07, 6.45) is 5.01. The third kappa shape index (κ3) is 5.73. The van der Waals surface area contributed by atoms with Crippen LogP contribution in [0.1, 0.15) is 49.7 Å². The predicted octanol–water partition coefficient (Wildman–Crippen LogP) is 4.57. The Kier molecular flexibility index (Phi) is 7.85. The van der Waals surface area contributed by atoms with Gasteiger partial charge in [0.1, 0.15) is 6.61 Å². The van der Waals surface area contributed by atoms with Crippen molar-refractivity contribution in [2.45, 2.75) is 44.6 Å². The summed E-state index contributed by atoms with van der Waals surface area (Å²) in [4.78, 5) is 37.9. The van der Waals surface area contributed by atoms with Crippen molar-refractivity contribution in [2.24, 2.45) is 5.92 Å². The molecule has 2 aliphatic rings. The average molecular weight is 477 g/mol. The van der Waals surface area contributed by atoms with E-state index in [2.05, 4.69) is 29.6 Å². The molecule has 4 rings (SSSR count). The van der Waals surface area contributed by atoms with E-state index >= 15 is 0 Å². The van der Waals surface area contributed by atoms with E-state index in [4.69, 9.17) is 9.84 Å². The van der Waals surface area contributed by atoms with Crippen LogP contribution >= 0.6 is 0 Å². The highest BCUT2D eigenvalue weighted by Crippen LogP contribution is 2.44. The fourth-order valence-corrected chi connectivity index (χ4v) is 5.02. The summed E-state index contributed by atoms with van der Waals surface area (Å²) in [6, 6.07) is 16.1. The van der Waals surface area contributed by atoms with E-state index in [0.717, 1.165) is 11.1 Å². The first-order chi connectivity index (χ1) is 17.0. The van der Waals surface area contributed by atoms with Gasteiger partial charge in [-0.1, -0.05) is 60.7 Å². The highest BCUT2D eigenvalue weighted by Gasteiger charge is 2.31. The lowest BCUT2D eigenvalue weighted by atomic mass is 9.98. The summed E-state index contributed by atoms with van der Waals surface area (Å²) in [7, 11) is 0. The number of unbranched alkanes of at least 4 members (excludes halogenated alkanes) is 1. The number of nitrogens with one attached hydrogen (secondary N) is 1. The summed E-state index contributed by atoms with van der Waals surface area (Å²) < 4.78 is 5.62. The van der Waals surface area contributed by atoms with Crippen molar-refractivity contribution in [2.75, 3.05) is 19.7 Å². The molecule has 184 valence electrons. The van der Waals surface area contributed by atoms with E-state index in [0.29, 0.717) is 32.4 Å². The van der Waals surface area contributed by atoms with Crippen molar-refractivity contribution in [3.8, 4) is 11.1 Å². The van der Waals surface area contributed by atoms with E-state index in [9.17, 15) is 14.4 Å². The topological polar surface area (TPSA) is 95.9 Å². The molecule has 0 fully saturated rings. The Labute approximate surface area is 205 Å². The molecule has 2 N–H and O–H groups in total. The lowest BCUT2D eigenvalue weighted by Gasteiger charge is -2.24. The van der Waals surface area contributed by atoms with Crippen LogP contribution in [0.2, 0.25) is 0 Å². The molecular weight excluding hydrogens is 444 g/mol. The van der Waals surface area contributed by atoms with Crippen LogP contribution in [0.5, 0.6) is 0 Å². The molecule has 2 atom stereocenters. The zero-order chi connectivity index (χ0) is 24.8. The number of hydrogen-bond donors (Lipinski definition) is 2. The van der Waals surface area contributed by atoms with E-state index in [-0.39, 0.29) is 36.8 Å². The summed E-state index contributed by atoms with van der Waals surface area (Å²) in [5.74, 6) is -1.11. The number of carbonyl (C=O) groups excluding carboxylic acids is 2. The number of hydrogen-bond acceptors (Lipinski definition) is 4. The normalized spacial score (nSPS) is 18.1. The minimum atomic E-state index is -0.819. The number of nitrogens with zero attached hydrogens (tertiary/aromatic N) is 1. The maximum atomic E-state index is 12.9. The third-order valence-electron chi connectivity index (χ3n) is 6.81. The summed E-state index contributed by atoms with van der Waals surface area (Å²) in [5, 5.41) is 11.6. The van der Waals surface area contributed by atoms with E-state index in [1.54, 1.807) is 4.90 Å². The van der Waals surface area contributed by atoms with E-state index in [1.165, 1.54) is 11.1 Å². The van der Waals surface area contributed by atoms with Gasteiger partial charge in [-0.25, -0.2) is 4.79 Å². The number of carboxylic acid groups (broad SMARTS) is 1. The minimum Gasteiger partial charge on any atom is -0.481 e. The van der Waals surface area contributed by atoms with Crippen LogP contribution < -0.4 is 5.32 Å². The Bertz CT molecular complexity index is 1070. The smallest absolute Gasteiger partial charge is 0.407 e. The number of carbonyl (C=O) groups is 3. The lowest BCUT2D eigenvalue weighted by molar-refractivity contribution is -0.137. The standard InChI is InChI=1S/C28H32N2O5/c1-2-30(16-8-7-13-26(31)32)27(33)19-14-15-20(17-19)29-28(34)35-18-25-23-11-5-3-9-21(23)22-10-4-6-12-24(22)25/h3-6,9-12,14-15,19-20,25H,2,7-8,13,16-18H2,1H3,(H,29,34)(H,31,32). The van der Waals surface area contributed by atoms with Crippen molar-refractivity contribution in [1.29, 1.82) is 0 Å². The minimum absolute atomic E-state index is 0.000774. The number of fused-ring (bicyclic) bond motifs is 3. The molecule has 2 aromatic rings. The monoisotopic (exact) mass is 476 g/mol. The Morgan fingerprint density at radius 2 is 1.66 bits per heavy atom. The van der Waals surface area contributed by atoms with Crippen LogP contribution in [0.4, 0.5) is 4.79 Å². The predicted molar refractivity (Wildman–Crippen MR) is 133 cm³/mol. The zero-order valence-electron chi connectivity index (χ0n) is 20.0. The van der Waals surface area contributed by atoms with Crippen LogP contribution in [0.15, 0.2) is 60.7 Å². The molecule has 0 heterocycles. The molecule has 35 heavy (non-hydrogen) atoms. The summed E-state index contributed by atoms with van der Waals surface area (Å²) >= 11 is 0. The average Bonchev–Trinajstić information content (AvgIpc) is 3.45. The van der Waals surface area contributed by atoms with E-state index in [1.807, 2.05) is 43.3 Å². The van der Waals surface area contributed by atoms with Crippen LogP contribution in [-0.2, 0) is 14.3 Å². The third-order valence-corrected chi connectivity index (χ3v) is 6.81. The van der Waals surface area contributed by atoms with Crippen LogP contribution in [0.25, 0.3) is 11.1 Å². The summed E-state index contributed by atoms with van der Waals surface area (Å²) in [6.45, 7) is 3.27. The van der Waals surface area contributed by atoms with Crippen molar-refractivity contribution in [3.05, 3.63) is 71.8 Å². The van der Waals surface area contributed by atoms with Gasteiger partial charge in [0.2, 0.25) is 5.91 Å². The van der Waals surface area contributed by atoms with Gasteiger partial charge in [0.15, 0.2) is 0 Å². The quantitative estimate of drug-likeness (QED) is 0.387. The highest BCUT2D eigenvalue weighted by atomic mass is 16.5. The van der Waals surface area contributed by atoms with Gasteiger partial charge in [-0.15, -0.1) is 0 Å². The van der Waals surface area contributed by atoms with E-state index < -0.39 is 12.1 Å². The second-order valence-corrected chi connectivity index (χ2v) is 9.07. The SMILES string of the molecule is CCN(CCCCC(=O)O)C(=O)C1C=CC(NC(=O)OCC2c3ccccc3-c3ccccc32)C1. The molecule has 0 radical (unpaired) electrons. The zero-order valence-corrected chi connectivity index (χ0v) is 20.0. The van der Waals surface area contributed by atoms with Gasteiger partial charge in [-0.2, -0.15) is 0 Å².